The van der Waals surface area contributed by atoms with E-state index in [2.05, 4.69) is 18.8 Å². The summed E-state index contributed by atoms with van der Waals surface area (Å²) in [5, 5.41) is 10.5. The van der Waals surface area contributed by atoms with Gasteiger partial charge in [0.05, 0.1) is 25.7 Å². The number of aromatic nitrogens is 4. The molecule has 4 N–H and O–H groups in total. The molecule has 154 valence electrons. The fourth-order valence-corrected chi connectivity index (χ4v) is 3.91. The zero-order chi connectivity index (χ0) is 20.6. The number of nitrogens with two attached hydrogens (primary N) is 1. The highest BCUT2D eigenvalue weighted by atomic mass is 31.2. The van der Waals surface area contributed by atoms with Gasteiger partial charge in [0, 0.05) is 0 Å². The molecule has 3 rings (SSSR count). The number of carbonyl (C=O) groups is 1. The lowest BCUT2D eigenvalue weighted by atomic mass is 10.0. The maximum Gasteiger partial charge on any atom is 0.313 e. The number of carbonyl (C=O) groups excluding carboxylic acids is 1. The van der Waals surface area contributed by atoms with Crippen molar-refractivity contribution in [3.8, 4) is 0 Å². The van der Waals surface area contributed by atoms with Crippen LogP contribution >= 0.6 is 16.9 Å². The number of aldehydes is 1. The van der Waals surface area contributed by atoms with Gasteiger partial charge in [0.1, 0.15) is 12.4 Å². The van der Waals surface area contributed by atoms with Crippen molar-refractivity contribution in [2.45, 2.75) is 18.4 Å². The van der Waals surface area contributed by atoms with Gasteiger partial charge in [0.2, 0.25) is 11.7 Å². The Morgan fingerprint density at radius 3 is 3.00 bits per heavy atom. The molecule has 3 unspecified atom stereocenters. The van der Waals surface area contributed by atoms with Gasteiger partial charge in [-0.05, 0) is 0 Å². The fourth-order valence-electron chi connectivity index (χ4n) is 3.00. The van der Waals surface area contributed by atoms with Crippen LogP contribution in [0, 0.1) is 5.92 Å². The molecule has 28 heavy (non-hydrogen) atoms. The first-order valence-corrected chi connectivity index (χ1v) is 10.0. The summed E-state index contributed by atoms with van der Waals surface area (Å²) < 4.78 is 28.2. The number of phosphoric acid groups is 1. The number of aromatic amines is 1. The molecule has 0 amide bonds. The average Bonchev–Trinajstić information content (AvgIpc) is 3.09. The van der Waals surface area contributed by atoms with E-state index in [1.807, 2.05) is 0 Å². The van der Waals surface area contributed by atoms with Crippen molar-refractivity contribution in [2.75, 3.05) is 12.3 Å². The van der Waals surface area contributed by atoms with Crippen molar-refractivity contribution in [3.05, 3.63) is 16.7 Å². The van der Waals surface area contributed by atoms with Gasteiger partial charge in [-0.15, -0.1) is 0 Å². The number of H-pyrrole nitrogens is 1. The smallest absolute Gasteiger partial charge is 0.313 e. The summed E-state index contributed by atoms with van der Waals surface area (Å²) in [6.07, 6.45) is -1.96. The number of hydrogen-bond donors (Lipinski definition) is 3. The van der Waals surface area contributed by atoms with E-state index in [1.54, 1.807) is 7.05 Å². The largest absolute Gasteiger partial charge is 0.810 e. The van der Waals surface area contributed by atoms with Crippen molar-refractivity contribution in [1.82, 2.24) is 14.5 Å². The molecule has 2 aromatic heterocycles. The minimum atomic E-state index is -4.85. The Morgan fingerprint density at radius 1 is 1.64 bits per heavy atom. The zero-order valence-electron chi connectivity index (χ0n) is 14.3. The van der Waals surface area contributed by atoms with E-state index in [4.69, 9.17) is 10.5 Å². The molecule has 6 atom stereocenters. The number of aliphatic hydroxyl groups is 1. The summed E-state index contributed by atoms with van der Waals surface area (Å²) in [4.78, 5) is 51.6. The van der Waals surface area contributed by atoms with Gasteiger partial charge in [0.25, 0.3) is 19.3 Å². The molecule has 1 aliphatic rings. The molecule has 1 fully saturated rings. The lowest BCUT2D eigenvalue weighted by Crippen LogP contribution is -2.45. The summed E-state index contributed by atoms with van der Waals surface area (Å²) in [7, 11) is -4.89. The molecule has 0 aromatic carbocycles. The summed E-state index contributed by atoms with van der Waals surface area (Å²) >= 11 is 0. The average molecular weight is 436 g/mol. The van der Waals surface area contributed by atoms with Crippen LogP contribution in [0.4, 0.5) is 5.95 Å². The molecular weight excluding hydrogens is 420 g/mol. The number of hydrogen-bond acceptors (Lipinski definition) is 11. The number of nitrogens with zero attached hydrogens (tertiary/aromatic N) is 3. The van der Waals surface area contributed by atoms with E-state index in [0.29, 0.717) is 6.29 Å². The normalized spacial score (nSPS) is 27.6. The topological polar surface area (TPSA) is 209 Å². The van der Waals surface area contributed by atoms with E-state index < -0.39 is 53.4 Å². The number of nitrogens with one attached hydrogen (secondary N) is 1. The highest BCUT2D eigenvalue weighted by Gasteiger charge is 2.48. The van der Waals surface area contributed by atoms with E-state index in [9.17, 15) is 29.0 Å². The maximum atomic E-state index is 12.1. The van der Waals surface area contributed by atoms with Crippen LogP contribution in [-0.4, -0.2) is 44.7 Å². The number of fused-ring (bicyclic) bond motifs is 1. The standard InChI is InChI=1S/C12H17N5O9P2/c1-16-4-17(9-7(16)10(20)15-12(13)14-9)11-8(19)5(2-18)6(25-11)3-24-28(22,23)26-27-21/h2,4-6,8,11,19,27H,3H2,1H3,(H,22,23)(H3,13,14,15,20)/p-1/t5-,6+,8?,11+/m0/s1. The van der Waals surface area contributed by atoms with E-state index >= 15 is 0 Å². The number of anilines is 1. The quantitative estimate of drug-likeness (QED) is 0.221. The Hall–Kier alpha value is -1.76. The molecule has 1 saturated heterocycles. The first kappa shape index (κ1) is 21.0. The molecule has 0 aliphatic carbocycles. The second-order valence-corrected chi connectivity index (χ2v) is 7.99. The number of phosphoric ester groups is 1. The van der Waals surface area contributed by atoms with Gasteiger partial charge >= 0.3 is 5.65 Å². The van der Waals surface area contributed by atoms with Gasteiger partial charge in [-0.1, -0.05) is 14.0 Å². The van der Waals surface area contributed by atoms with Crippen molar-refractivity contribution in [1.29, 1.82) is 0 Å². The van der Waals surface area contributed by atoms with Gasteiger partial charge in [-0.25, -0.2) is 4.57 Å². The lowest BCUT2D eigenvalue weighted by Gasteiger charge is -2.25. The van der Waals surface area contributed by atoms with Gasteiger partial charge in [0.15, 0.2) is 6.33 Å². The van der Waals surface area contributed by atoms with Crippen molar-refractivity contribution in [3.63, 3.8) is 0 Å². The maximum absolute atomic E-state index is 12.1. The third-order valence-corrected chi connectivity index (χ3v) is 5.85. The molecule has 1 aliphatic heterocycles. The van der Waals surface area contributed by atoms with Crippen LogP contribution in [-0.2, 0) is 30.0 Å². The predicted octanol–water partition coefficient (Wildman–Crippen LogP) is -3.42. The Balaban J connectivity index is 1.92. The van der Waals surface area contributed by atoms with Crippen LogP contribution in [0.25, 0.3) is 11.2 Å². The molecule has 14 nitrogen and oxygen atoms in total. The first-order chi connectivity index (χ1) is 13.2. The van der Waals surface area contributed by atoms with Crippen LogP contribution in [0.2, 0.25) is 0 Å². The molecule has 2 aromatic rings. The van der Waals surface area contributed by atoms with Gasteiger partial charge in [-0.2, -0.15) is 0 Å². The van der Waals surface area contributed by atoms with Crippen molar-refractivity contribution >= 4 is 40.3 Å². The molecule has 16 heteroatoms. The number of imidazole rings is 1. The molecular formula is C12H16N5O9P2-. The summed E-state index contributed by atoms with van der Waals surface area (Å²) in [5.41, 5.74) is 5.27. The van der Waals surface area contributed by atoms with Crippen LogP contribution in [0.1, 0.15) is 6.23 Å². The number of ether oxygens (including phenoxy) is 1. The number of nitrogen functional groups attached to an aromatic ring is 1. The first-order valence-electron chi connectivity index (χ1n) is 7.74. The van der Waals surface area contributed by atoms with Gasteiger partial charge < -0.3 is 39.0 Å². The predicted molar refractivity (Wildman–Crippen MR) is 88.4 cm³/mol. The number of aliphatic hydroxyl groups excluding tert-OH is 1. The highest BCUT2D eigenvalue weighted by molar-refractivity contribution is 7.52. The van der Waals surface area contributed by atoms with Gasteiger partial charge in [-0.3, -0.25) is 18.9 Å². The fraction of sp³-hybridized carbons (Fsp3) is 0.500. The Bertz CT molecular complexity index is 994. The zero-order valence-corrected chi connectivity index (χ0v) is 16.1. The van der Waals surface area contributed by atoms with Crippen molar-refractivity contribution < 1.29 is 42.4 Å². The van der Waals surface area contributed by atoms with Crippen molar-refractivity contribution in [2.24, 2.45) is 13.0 Å². The minimum absolute atomic E-state index is 0.0874. The lowest BCUT2D eigenvalue weighted by molar-refractivity contribution is -0.745. The summed E-state index contributed by atoms with van der Waals surface area (Å²) in [6.45, 7) is -0.663. The second kappa shape index (κ2) is 7.93. The highest BCUT2D eigenvalue weighted by Crippen LogP contribution is 2.44. The Morgan fingerprint density at radius 2 is 2.36 bits per heavy atom. The van der Waals surface area contributed by atoms with Crippen LogP contribution in [0.15, 0.2) is 11.1 Å². The summed E-state index contributed by atoms with van der Waals surface area (Å²) in [6, 6.07) is 0. The monoisotopic (exact) mass is 436 g/mol. The second-order valence-electron chi connectivity index (χ2n) is 5.94. The van der Waals surface area contributed by atoms with Crippen LogP contribution in [0.3, 0.4) is 0 Å². The van der Waals surface area contributed by atoms with Crippen LogP contribution < -0.4 is 25.6 Å². The number of aryl methyl sites for hydroxylation is 1. The SMILES string of the molecule is Cn1c[n+]([C@@H]2O[C@H](COP(=O)([O-])OP[O-])[C@H](C=O)C2O)c2nc(N)[nH]c(=O)c21. The Kier molecular flexibility index (Phi) is 5.94. The Labute approximate surface area is 158 Å². The molecule has 3 heterocycles. The molecule has 0 bridgehead atoms. The van der Waals surface area contributed by atoms with E-state index in [1.165, 1.54) is 15.5 Å². The molecule has 0 spiro atoms. The molecule has 0 saturated carbocycles. The third kappa shape index (κ3) is 3.86. The van der Waals surface area contributed by atoms with E-state index in [-0.39, 0.29) is 17.1 Å². The minimum Gasteiger partial charge on any atom is -0.810 e. The van der Waals surface area contributed by atoms with Crippen LogP contribution in [0.5, 0.6) is 0 Å². The number of rotatable bonds is 7. The third-order valence-electron chi connectivity index (χ3n) is 4.20. The molecule has 0 radical (unpaired) electrons. The summed E-state index contributed by atoms with van der Waals surface area (Å²) in [5.74, 6) is -1.32. The van der Waals surface area contributed by atoms with E-state index in [0.717, 1.165) is 0 Å².